The molecule has 1 N–H and O–H groups in total. The van der Waals surface area contributed by atoms with Crippen molar-refractivity contribution in [2.24, 2.45) is 0 Å². The maximum Gasteiger partial charge on any atom is 0.253 e. The molecule has 2 aromatic heterocycles. The second-order valence-corrected chi connectivity index (χ2v) is 8.00. The third-order valence-corrected chi connectivity index (χ3v) is 4.46. The Bertz CT molecular complexity index is 797. The molecule has 0 atom stereocenters. The van der Waals surface area contributed by atoms with E-state index in [1.54, 1.807) is 18.3 Å². The molecule has 8 heteroatoms. The van der Waals surface area contributed by atoms with E-state index in [0.29, 0.717) is 31.2 Å². The van der Waals surface area contributed by atoms with Crippen LogP contribution in [0, 0.1) is 0 Å². The topological polar surface area (TPSA) is 85.8 Å². The van der Waals surface area contributed by atoms with Crippen LogP contribution in [0.4, 0.5) is 5.82 Å². The quantitative estimate of drug-likeness (QED) is 0.664. The van der Waals surface area contributed by atoms with Gasteiger partial charge in [0, 0.05) is 38.1 Å². The predicted molar refractivity (Wildman–Crippen MR) is 114 cm³/mol. The number of amides is 1. The molecule has 1 fully saturated rings. The van der Waals surface area contributed by atoms with Crippen molar-refractivity contribution >= 4 is 11.7 Å². The molecule has 0 unspecified atom stereocenters. The van der Waals surface area contributed by atoms with Crippen molar-refractivity contribution in [1.82, 2.24) is 15.3 Å². The van der Waals surface area contributed by atoms with Crippen LogP contribution in [0.3, 0.4) is 0 Å². The molecule has 3 heterocycles. The number of rotatable bonds is 8. The summed E-state index contributed by atoms with van der Waals surface area (Å²) in [7, 11) is 0. The highest BCUT2D eigenvalue weighted by atomic mass is 16.5. The smallest absolute Gasteiger partial charge is 0.253 e. The fraction of sp³-hybridized carbons (Fsp3) is 0.500. The molecule has 162 valence electrons. The van der Waals surface area contributed by atoms with Crippen LogP contribution in [0.25, 0.3) is 0 Å². The van der Waals surface area contributed by atoms with Crippen LogP contribution in [0.15, 0.2) is 36.7 Å². The van der Waals surface area contributed by atoms with Crippen molar-refractivity contribution in [1.29, 1.82) is 0 Å². The van der Waals surface area contributed by atoms with Gasteiger partial charge >= 0.3 is 0 Å². The zero-order valence-electron chi connectivity index (χ0n) is 17.9. The Labute approximate surface area is 177 Å². The molecule has 3 rings (SSSR count). The second-order valence-electron chi connectivity index (χ2n) is 8.00. The van der Waals surface area contributed by atoms with Gasteiger partial charge in [0.25, 0.3) is 5.91 Å². The molecule has 1 aliphatic rings. The van der Waals surface area contributed by atoms with E-state index in [-0.39, 0.29) is 11.5 Å². The van der Waals surface area contributed by atoms with Crippen molar-refractivity contribution in [2.75, 3.05) is 44.4 Å². The second kappa shape index (κ2) is 10.4. The molecule has 0 radical (unpaired) electrons. The highest BCUT2D eigenvalue weighted by molar-refractivity contribution is 5.93. The summed E-state index contributed by atoms with van der Waals surface area (Å²) < 4.78 is 16.5. The Morgan fingerprint density at radius 3 is 2.53 bits per heavy atom. The Morgan fingerprint density at radius 1 is 1.10 bits per heavy atom. The van der Waals surface area contributed by atoms with Gasteiger partial charge in [-0.2, -0.15) is 0 Å². The van der Waals surface area contributed by atoms with E-state index in [0.717, 1.165) is 37.7 Å². The maximum absolute atomic E-state index is 12.4. The third kappa shape index (κ3) is 6.96. The first-order valence-corrected chi connectivity index (χ1v) is 10.2. The molecule has 1 saturated heterocycles. The molecule has 0 spiro atoms. The summed E-state index contributed by atoms with van der Waals surface area (Å²) >= 11 is 0. The number of carbonyl (C=O) groups excluding carboxylic acids is 1. The highest BCUT2D eigenvalue weighted by Gasteiger charge is 2.13. The van der Waals surface area contributed by atoms with Gasteiger partial charge in [0.15, 0.2) is 0 Å². The number of aromatic nitrogens is 2. The van der Waals surface area contributed by atoms with Gasteiger partial charge in [0.1, 0.15) is 12.4 Å². The number of pyridine rings is 2. The number of hydrogen-bond donors (Lipinski definition) is 1. The van der Waals surface area contributed by atoms with Crippen LogP contribution in [0.5, 0.6) is 5.88 Å². The van der Waals surface area contributed by atoms with Gasteiger partial charge in [-0.3, -0.25) is 4.79 Å². The summed E-state index contributed by atoms with van der Waals surface area (Å²) in [5.41, 5.74) is 1.22. The standard InChI is InChI=1S/C22H30N4O4/c1-22(2,3)30-13-12-29-20-7-5-18(16-24-20)21(27)25-15-17-4-6-19(23-14-17)26-8-10-28-11-9-26/h4-7,14,16H,8-13,15H2,1-3H3,(H,25,27). The first kappa shape index (κ1) is 22.0. The molecular weight excluding hydrogens is 384 g/mol. The summed E-state index contributed by atoms with van der Waals surface area (Å²) in [6.07, 6.45) is 3.30. The lowest BCUT2D eigenvalue weighted by Crippen LogP contribution is -2.36. The van der Waals surface area contributed by atoms with Crippen LogP contribution in [0.2, 0.25) is 0 Å². The monoisotopic (exact) mass is 414 g/mol. The van der Waals surface area contributed by atoms with Gasteiger partial charge < -0.3 is 24.4 Å². The largest absolute Gasteiger partial charge is 0.475 e. The fourth-order valence-corrected chi connectivity index (χ4v) is 2.88. The Balaban J connectivity index is 1.43. The lowest BCUT2D eigenvalue weighted by molar-refractivity contribution is -0.0168. The Hall–Kier alpha value is -2.71. The molecule has 2 aromatic rings. The molecule has 0 saturated carbocycles. The average Bonchev–Trinajstić information content (AvgIpc) is 2.76. The summed E-state index contributed by atoms with van der Waals surface area (Å²) in [6, 6.07) is 7.34. The molecular formula is C22H30N4O4. The third-order valence-electron chi connectivity index (χ3n) is 4.46. The van der Waals surface area contributed by atoms with Crippen molar-refractivity contribution < 1.29 is 19.0 Å². The first-order chi connectivity index (χ1) is 14.4. The zero-order chi connectivity index (χ0) is 21.4. The van der Waals surface area contributed by atoms with Gasteiger partial charge in [-0.05, 0) is 38.5 Å². The number of ether oxygens (including phenoxy) is 3. The van der Waals surface area contributed by atoms with Gasteiger partial charge in [-0.1, -0.05) is 6.07 Å². The molecule has 0 bridgehead atoms. The van der Waals surface area contributed by atoms with Gasteiger partial charge in [-0.25, -0.2) is 9.97 Å². The SMILES string of the molecule is CC(C)(C)OCCOc1ccc(C(=O)NCc2ccc(N3CCOCC3)nc2)cn1. The van der Waals surface area contributed by atoms with E-state index < -0.39 is 0 Å². The van der Waals surface area contributed by atoms with E-state index >= 15 is 0 Å². The lowest BCUT2D eigenvalue weighted by Gasteiger charge is -2.27. The van der Waals surface area contributed by atoms with Crippen LogP contribution in [-0.4, -0.2) is 61.0 Å². The minimum Gasteiger partial charge on any atom is -0.475 e. The number of carbonyl (C=O) groups is 1. The summed E-state index contributed by atoms with van der Waals surface area (Å²) in [5.74, 6) is 1.20. The van der Waals surface area contributed by atoms with E-state index in [1.807, 2.05) is 32.9 Å². The van der Waals surface area contributed by atoms with Crippen molar-refractivity contribution in [3.05, 3.63) is 47.8 Å². The van der Waals surface area contributed by atoms with E-state index in [2.05, 4.69) is 20.2 Å². The molecule has 0 aliphatic carbocycles. The minimum absolute atomic E-state index is 0.192. The van der Waals surface area contributed by atoms with Crippen LogP contribution in [0.1, 0.15) is 36.7 Å². The number of nitrogens with zero attached hydrogens (tertiary/aromatic N) is 3. The molecule has 30 heavy (non-hydrogen) atoms. The van der Waals surface area contributed by atoms with Crippen molar-refractivity contribution in [3.63, 3.8) is 0 Å². The molecule has 8 nitrogen and oxygen atoms in total. The van der Waals surface area contributed by atoms with Crippen LogP contribution in [-0.2, 0) is 16.0 Å². The Morgan fingerprint density at radius 2 is 1.90 bits per heavy atom. The number of nitrogens with one attached hydrogen (secondary N) is 1. The van der Waals surface area contributed by atoms with Gasteiger partial charge in [0.2, 0.25) is 5.88 Å². The normalized spacial score (nSPS) is 14.4. The van der Waals surface area contributed by atoms with Gasteiger partial charge in [0.05, 0.1) is 31.0 Å². The molecule has 0 aromatic carbocycles. The maximum atomic E-state index is 12.4. The highest BCUT2D eigenvalue weighted by Crippen LogP contribution is 2.13. The lowest BCUT2D eigenvalue weighted by atomic mass is 10.2. The van der Waals surface area contributed by atoms with Crippen molar-refractivity contribution in [3.8, 4) is 5.88 Å². The van der Waals surface area contributed by atoms with Crippen LogP contribution < -0.4 is 15.0 Å². The van der Waals surface area contributed by atoms with Crippen molar-refractivity contribution in [2.45, 2.75) is 32.9 Å². The zero-order valence-corrected chi connectivity index (χ0v) is 17.9. The first-order valence-electron chi connectivity index (χ1n) is 10.2. The minimum atomic E-state index is -0.197. The van der Waals surface area contributed by atoms with Gasteiger partial charge in [-0.15, -0.1) is 0 Å². The predicted octanol–water partition coefficient (Wildman–Crippen LogP) is 2.44. The summed E-state index contributed by atoms with van der Waals surface area (Å²) in [4.78, 5) is 23.2. The van der Waals surface area contributed by atoms with E-state index in [1.165, 1.54) is 6.20 Å². The molecule has 1 aliphatic heterocycles. The average molecular weight is 415 g/mol. The van der Waals surface area contributed by atoms with Crippen LogP contribution >= 0.6 is 0 Å². The summed E-state index contributed by atoms with van der Waals surface area (Å²) in [6.45, 7) is 10.4. The van der Waals surface area contributed by atoms with E-state index in [9.17, 15) is 4.79 Å². The number of anilines is 1. The molecule has 1 amide bonds. The number of morpholine rings is 1. The summed E-state index contributed by atoms with van der Waals surface area (Å²) in [5, 5.41) is 2.89. The fourth-order valence-electron chi connectivity index (χ4n) is 2.88. The Kier molecular flexibility index (Phi) is 7.59. The number of hydrogen-bond acceptors (Lipinski definition) is 7. The van der Waals surface area contributed by atoms with E-state index in [4.69, 9.17) is 14.2 Å².